The van der Waals surface area contributed by atoms with Gasteiger partial charge in [-0.05, 0) is 71.3 Å². The van der Waals surface area contributed by atoms with Crippen LogP contribution in [-0.2, 0) is 6.54 Å². The second kappa shape index (κ2) is 10.2. The van der Waals surface area contributed by atoms with Gasteiger partial charge in [0.25, 0.3) is 0 Å². The van der Waals surface area contributed by atoms with Crippen LogP contribution in [0.5, 0.6) is 5.75 Å². The molecule has 4 nitrogen and oxygen atoms in total. The molecule has 0 radical (unpaired) electrons. The molecule has 1 aliphatic heterocycles. The quantitative estimate of drug-likeness (QED) is 0.297. The van der Waals surface area contributed by atoms with Gasteiger partial charge in [-0.25, -0.2) is 4.79 Å². The van der Waals surface area contributed by atoms with Gasteiger partial charge >= 0.3 is 5.97 Å². The van der Waals surface area contributed by atoms with Crippen molar-refractivity contribution in [2.24, 2.45) is 0 Å². The number of carboxylic acids is 1. The van der Waals surface area contributed by atoms with Gasteiger partial charge in [0, 0.05) is 6.54 Å². The molecule has 0 fully saturated rings. The largest absolute Gasteiger partial charge is 0.486 e. The van der Waals surface area contributed by atoms with Crippen molar-refractivity contribution in [3.05, 3.63) is 108 Å². The van der Waals surface area contributed by atoms with E-state index in [1.165, 1.54) is 16.3 Å². The molecule has 0 saturated heterocycles. The van der Waals surface area contributed by atoms with Crippen LogP contribution in [0.25, 0.3) is 10.8 Å². The van der Waals surface area contributed by atoms with Crippen molar-refractivity contribution < 1.29 is 14.6 Å². The van der Waals surface area contributed by atoms with Gasteiger partial charge in [0.1, 0.15) is 11.9 Å². The number of benzene rings is 4. The number of carbonyl (C=O) groups is 1. The Hall–Kier alpha value is -3.79. The minimum atomic E-state index is -0.897. The highest BCUT2D eigenvalue weighted by atomic mass is 16.5. The molecule has 4 aromatic rings. The van der Waals surface area contributed by atoms with Crippen molar-refractivity contribution in [1.29, 1.82) is 0 Å². The van der Waals surface area contributed by atoms with Crippen LogP contribution in [0.1, 0.15) is 53.6 Å². The van der Waals surface area contributed by atoms with Crippen molar-refractivity contribution in [3.8, 4) is 5.75 Å². The van der Waals surface area contributed by atoms with Gasteiger partial charge in [0.2, 0.25) is 0 Å². The maximum atomic E-state index is 11.2. The average molecular weight is 466 g/mol. The molecule has 1 aliphatic rings. The molecule has 0 spiro atoms. The number of rotatable bonds is 8. The molecule has 1 heterocycles. The number of hydrogen-bond acceptors (Lipinski definition) is 3. The van der Waals surface area contributed by atoms with Crippen LogP contribution < -0.4 is 9.64 Å². The lowest BCUT2D eigenvalue weighted by molar-refractivity contribution is 0.0697. The SMILES string of the molecule is C[C@@H](CCCC1CN(Cc2ccc(C(=O)O)cc2)c2ccccc2O1)c1cccc2ccccc12. The molecule has 1 N–H and O–H groups in total. The third-order valence-corrected chi connectivity index (χ3v) is 7.02. The molecule has 4 heteroatoms. The van der Waals surface area contributed by atoms with Gasteiger partial charge in [-0.2, -0.15) is 0 Å². The second-order valence-corrected chi connectivity index (χ2v) is 9.49. The highest BCUT2D eigenvalue weighted by Gasteiger charge is 2.25. The van der Waals surface area contributed by atoms with Crippen LogP contribution in [0.4, 0.5) is 5.69 Å². The highest BCUT2D eigenvalue weighted by Crippen LogP contribution is 2.36. The molecular formula is C31H31NO3. The Labute approximate surface area is 206 Å². The summed E-state index contributed by atoms with van der Waals surface area (Å²) in [5.41, 5.74) is 3.92. The fourth-order valence-corrected chi connectivity index (χ4v) is 5.14. The smallest absolute Gasteiger partial charge is 0.335 e. The number of fused-ring (bicyclic) bond motifs is 2. The number of para-hydroxylation sites is 2. The number of hydrogen-bond donors (Lipinski definition) is 1. The van der Waals surface area contributed by atoms with Crippen molar-refractivity contribution in [2.45, 2.75) is 44.8 Å². The molecule has 5 rings (SSSR count). The lowest BCUT2D eigenvalue weighted by atomic mass is 9.90. The summed E-state index contributed by atoms with van der Waals surface area (Å²) >= 11 is 0. The average Bonchev–Trinajstić information content (AvgIpc) is 2.88. The number of nitrogens with zero attached hydrogens (tertiary/aromatic N) is 1. The van der Waals surface area contributed by atoms with Gasteiger partial charge in [-0.15, -0.1) is 0 Å². The van der Waals surface area contributed by atoms with E-state index in [1.54, 1.807) is 12.1 Å². The summed E-state index contributed by atoms with van der Waals surface area (Å²) in [5.74, 6) is 0.514. The van der Waals surface area contributed by atoms with Crippen molar-refractivity contribution >= 4 is 22.4 Å². The summed E-state index contributed by atoms with van der Waals surface area (Å²) in [6.45, 7) is 3.87. The molecule has 4 aromatic carbocycles. The molecule has 35 heavy (non-hydrogen) atoms. The Morgan fingerprint density at radius 3 is 2.54 bits per heavy atom. The number of carboxylic acid groups (broad SMARTS) is 1. The van der Waals surface area contributed by atoms with Gasteiger partial charge in [0.15, 0.2) is 0 Å². The Balaban J connectivity index is 1.24. The summed E-state index contributed by atoms with van der Waals surface area (Å²) in [6, 6.07) is 30.6. The van der Waals surface area contributed by atoms with Gasteiger partial charge in [0.05, 0.1) is 17.8 Å². The zero-order valence-corrected chi connectivity index (χ0v) is 20.1. The number of ether oxygens (including phenoxy) is 1. The van der Waals surface area contributed by atoms with Gasteiger partial charge in [-0.1, -0.05) is 73.7 Å². The maximum absolute atomic E-state index is 11.2. The molecule has 178 valence electrons. The van der Waals surface area contributed by atoms with E-state index in [4.69, 9.17) is 4.74 Å². The first-order chi connectivity index (χ1) is 17.1. The summed E-state index contributed by atoms with van der Waals surface area (Å²) in [5, 5.41) is 11.8. The van der Waals surface area contributed by atoms with E-state index in [9.17, 15) is 9.90 Å². The van der Waals surface area contributed by atoms with E-state index in [-0.39, 0.29) is 6.10 Å². The van der Waals surface area contributed by atoms with Crippen LogP contribution in [0.3, 0.4) is 0 Å². The molecule has 0 aliphatic carbocycles. The lowest BCUT2D eigenvalue weighted by Gasteiger charge is -2.36. The molecule has 2 atom stereocenters. The summed E-state index contributed by atoms with van der Waals surface area (Å²) in [7, 11) is 0. The second-order valence-electron chi connectivity index (χ2n) is 9.49. The van der Waals surface area contributed by atoms with Crippen LogP contribution in [0, 0.1) is 0 Å². The van der Waals surface area contributed by atoms with Gasteiger partial charge < -0.3 is 14.7 Å². The molecular weight excluding hydrogens is 434 g/mol. The predicted molar refractivity (Wildman–Crippen MR) is 142 cm³/mol. The Morgan fingerprint density at radius 1 is 0.971 bits per heavy atom. The predicted octanol–water partition coefficient (Wildman–Crippen LogP) is 7.28. The van der Waals surface area contributed by atoms with E-state index in [0.29, 0.717) is 11.5 Å². The molecule has 0 bridgehead atoms. The van der Waals surface area contributed by atoms with Crippen molar-refractivity contribution in [3.63, 3.8) is 0 Å². The summed E-state index contributed by atoms with van der Waals surface area (Å²) in [6.07, 6.45) is 3.34. The minimum absolute atomic E-state index is 0.128. The number of anilines is 1. The third kappa shape index (κ3) is 5.17. The van der Waals surface area contributed by atoms with E-state index in [2.05, 4.69) is 60.4 Å². The molecule has 1 unspecified atom stereocenters. The minimum Gasteiger partial charge on any atom is -0.486 e. The zero-order valence-electron chi connectivity index (χ0n) is 20.1. The zero-order chi connectivity index (χ0) is 24.2. The fourth-order valence-electron chi connectivity index (χ4n) is 5.14. The van der Waals surface area contributed by atoms with E-state index in [1.807, 2.05) is 30.3 Å². The van der Waals surface area contributed by atoms with Crippen molar-refractivity contribution in [1.82, 2.24) is 0 Å². The first-order valence-electron chi connectivity index (χ1n) is 12.4. The molecule has 0 aromatic heterocycles. The monoisotopic (exact) mass is 465 g/mol. The highest BCUT2D eigenvalue weighted by molar-refractivity contribution is 5.87. The topological polar surface area (TPSA) is 49.8 Å². The first kappa shape index (κ1) is 23.0. The number of aromatic carboxylic acids is 1. The maximum Gasteiger partial charge on any atom is 0.335 e. The molecule has 0 amide bonds. The Kier molecular flexibility index (Phi) is 6.71. The molecule has 0 saturated carbocycles. The van der Waals surface area contributed by atoms with E-state index < -0.39 is 5.97 Å². The normalized spacial score (nSPS) is 15.9. The van der Waals surface area contributed by atoms with Gasteiger partial charge in [-0.3, -0.25) is 0 Å². The standard InChI is InChI=1S/C31H31NO3/c1-22(27-13-7-10-24-9-2-3-12-28(24)27)8-6-11-26-21-32(29-14-4-5-15-30(29)35-26)20-23-16-18-25(19-17-23)31(33)34/h2-5,7,9-10,12-19,22,26H,6,8,11,20-21H2,1H3,(H,33,34)/t22-,26?/m0/s1. The van der Waals surface area contributed by atoms with Crippen LogP contribution in [0.15, 0.2) is 91.0 Å². The summed E-state index contributed by atoms with van der Waals surface area (Å²) in [4.78, 5) is 13.5. The third-order valence-electron chi connectivity index (χ3n) is 7.02. The Bertz CT molecular complexity index is 1310. The van der Waals surface area contributed by atoms with Crippen LogP contribution in [0.2, 0.25) is 0 Å². The van der Waals surface area contributed by atoms with E-state index >= 15 is 0 Å². The van der Waals surface area contributed by atoms with E-state index in [0.717, 1.165) is 49.4 Å². The van der Waals surface area contributed by atoms with Crippen LogP contribution >= 0.6 is 0 Å². The fraction of sp³-hybridized carbons (Fsp3) is 0.258. The lowest BCUT2D eigenvalue weighted by Crippen LogP contribution is -2.39. The van der Waals surface area contributed by atoms with Crippen LogP contribution in [-0.4, -0.2) is 23.7 Å². The Morgan fingerprint density at radius 2 is 1.71 bits per heavy atom. The van der Waals surface area contributed by atoms with Crippen molar-refractivity contribution in [2.75, 3.05) is 11.4 Å². The summed E-state index contributed by atoms with van der Waals surface area (Å²) < 4.78 is 6.39. The first-order valence-corrected chi connectivity index (χ1v) is 12.4.